The molecule has 0 aliphatic carbocycles. The average Bonchev–Trinajstić information content (AvgIpc) is 3.21. The summed E-state index contributed by atoms with van der Waals surface area (Å²) in [7, 11) is 0. The van der Waals surface area contributed by atoms with Crippen molar-refractivity contribution in [2.24, 2.45) is 0 Å². The van der Waals surface area contributed by atoms with Crippen LogP contribution < -0.4 is 10.1 Å². The first-order chi connectivity index (χ1) is 14.8. The van der Waals surface area contributed by atoms with Crippen LogP contribution in [0.25, 0.3) is 11.1 Å². The molecular weight excluding hydrogens is 398 g/mol. The van der Waals surface area contributed by atoms with Gasteiger partial charge in [0.05, 0.1) is 11.8 Å². The van der Waals surface area contributed by atoms with Gasteiger partial charge < -0.3 is 14.8 Å². The van der Waals surface area contributed by atoms with E-state index in [2.05, 4.69) is 10.4 Å². The lowest BCUT2D eigenvalue weighted by atomic mass is 10.0. The van der Waals surface area contributed by atoms with Crippen LogP contribution in [0.4, 0.5) is 5.82 Å². The second-order valence-electron chi connectivity index (χ2n) is 7.07. The van der Waals surface area contributed by atoms with Crippen molar-refractivity contribution >= 4 is 23.7 Å². The number of nitrogens with zero attached hydrogens (tertiary/aromatic N) is 2. The zero-order valence-corrected chi connectivity index (χ0v) is 17.5. The van der Waals surface area contributed by atoms with Gasteiger partial charge in [0, 0.05) is 19.0 Å². The second kappa shape index (κ2) is 9.71. The lowest BCUT2D eigenvalue weighted by molar-refractivity contribution is -0.131. The van der Waals surface area contributed by atoms with Gasteiger partial charge >= 0.3 is 11.9 Å². The topological polar surface area (TPSA) is 99.5 Å². The van der Waals surface area contributed by atoms with Gasteiger partial charge in [-0.05, 0) is 49.2 Å². The zero-order valence-electron chi connectivity index (χ0n) is 17.5. The summed E-state index contributed by atoms with van der Waals surface area (Å²) in [5.41, 5.74) is 2.11. The van der Waals surface area contributed by atoms with E-state index in [9.17, 15) is 14.4 Å². The summed E-state index contributed by atoms with van der Waals surface area (Å²) in [4.78, 5) is 35.3. The third-order valence-electron chi connectivity index (χ3n) is 4.33. The van der Waals surface area contributed by atoms with Crippen LogP contribution in [-0.4, -0.2) is 34.2 Å². The molecule has 0 bridgehead atoms. The number of amides is 1. The molecule has 1 N–H and O–H groups in total. The monoisotopic (exact) mass is 421 g/mol. The standard InChI is InChI=1S/C23H23N3O5/c1-15(2)26-21(12-13-24-26)25-22(28)14-30-23(29)19-6-4-17(5-7-19)18-8-10-20(11-9-18)31-16(3)27/h4-13,15H,14H2,1-3H3,(H,25,28). The van der Waals surface area contributed by atoms with Crippen molar-refractivity contribution in [3.05, 3.63) is 66.4 Å². The Morgan fingerprint density at radius 1 is 0.968 bits per heavy atom. The molecule has 1 amide bonds. The molecule has 0 radical (unpaired) electrons. The van der Waals surface area contributed by atoms with Crippen LogP contribution in [0.15, 0.2) is 60.8 Å². The Hall–Kier alpha value is -3.94. The summed E-state index contributed by atoms with van der Waals surface area (Å²) in [5.74, 6) is -0.411. The Morgan fingerprint density at radius 3 is 2.16 bits per heavy atom. The number of hydrogen-bond acceptors (Lipinski definition) is 6. The molecule has 0 saturated carbocycles. The lowest BCUT2D eigenvalue weighted by Gasteiger charge is -2.12. The number of esters is 2. The molecule has 1 heterocycles. The first-order valence-corrected chi connectivity index (χ1v) is 9.73. The quantitative estimate of drug-likeness (QED) is 0.459. The number of rotatable bonds is 7. The van der Waals surface area contributed by atoms with Crippen LogP contribution in [-0.2, 0) is 14.3 Å². The van der Waals surface area contributed by atoms with E-state index >= 15 is 0 Å². The molecule has 0 spiro atoms. The Kier molecular flexibility index (Phi) is 6.81. The van der Waals surface area contributed by atoms with Crippen molar-refractivity contribution in [1.29, 1.82) is 0 Å². The highest BCUT2D eigenvalue weighted by atomic mass is 16.5. The molecule has 0 unspecified atom stereocenters. The van der Waals surface area contributed by atoms with Crippen molar-refractivity contribution in [1.82, 2.24) is 9.78 Å². The molecule has 2 aromatic carbocycles. The first kappa shape index (κ1) is 21.8. The minimum Gasteiger partial charge on any atom is -0.452 e. The Labute approximate surface area is 179 Å². The maximum absolute atomic E-state index is 12.3. The normalized spacial score (nSPS) is 10.6. The Bertz CT molecular complexity index is 1070. The number of nitrogens with one attached hydrogen (secondary N) is 1. The number of carbonyl (C=O) groups is 3. The zero-order chi connectivity index (χ0) is 22.4. The van der Waals surface area contributed by atoms with Gasteiger partial charge in [-0.2, -0.15) is 5.10 Å². The van der Waals surface area contributed by atoms with Crippen LogP contribution in [0, 0.1) is 0 Å². The highest BCUT2D eigenvalue weighted by molar-refractivity contribution is 5.95. The van der Waals surface area contributed by atoms with Gasteiger partial charge in [0.2, 0.25) is 0 Å². The minimum absolute atomic E-state index is 0.0873. The van der Waals surface area contributed by atoms with Crippen LogP contribution in [0.3, 0.4) is 0 Å². The lowest BCUT2D eigenvalue weighted by Crippen LogP contribution is -2.23. The third kappa shape index (κ3) is 5.79. The van der Waals surface area contributed by atoms with Crippen LogP contribution in [0.2, 0.25) is 0 Å². The SMILES string of the molecule is CC(=O)Oc1ccc(-c2ccc(C(=O)OCC(=O)Nc3ccnn3C(C)C)cc2)cc1. The fourth-order valence-corrected chi connectivity index (χ4v) is 2.90. The maximum Gasteiger partial charge on any atom is 0.338 e. The Morgan fingerprint density at radius 2 is 1.58 bits per heavy atom. The molecule has 31 heavy (non-hydrogen) atoms. The van der Waals surface area contributed by atoms with Crippen LogP contribution >= 0.6 is 0 Å². The van der Waals surface area contributed by atoms with Gasteiger partial charge in [-0.15, -0.1) is 0 Å². The summed E-state index contributed by atoms with van der Waals surface area (Å²) in [6, 6.07) is 15.6. The summed E-state index contributed by atoms with van der Waals surface area (Å²) in [5, 5.41) is 6.81. The van der Waals surface area contributed by atoms with Crippen molar-refractivity contribution in [2.45, 2.75) is 26.8 Å². The molecule has 3 aromatic rings. The van der Waals surface area contributed by atoms with Crippen LogP contribution in [0.1, 0.15) is 37.2 Å². The van der Waals surface area contributed by atoms with E-state index in [1.165, 1.54) is 6.92 Å². The summed E-state index contributed by atoms with van der Waals surface area (Å²) in [6.07, 6.45) is 1.59. The Balaban J connectivity index is 1.56. The molecule has 0 aliphatic rings. The summed E-state index contributed by atoms with van der Waals surface area (Å²) in [6.45, 7) is 4.83. The van der Waals surface area contributed by atoms with Crippen molar-refractivity contribution < 1.29 is 23.9 Å². The van der Waals surface area contributed by atoms with Crippen molar-refractivity contribution in [2.75, 3.05) is 11.9 Å². The maximum atomic E-state index is 12.3. The smallest absolute Gasteiger partial charge is 0.338 e. The average molecular weight is 421 g/mol. The number of hydrogen-bond donors (Lipinski definition) is 1. The number of ether oxygens (including phenoxy) is 2. The molecular formula is C23H23N3O5. The first-order valence-electron chi connectivity index (χ1n) is 9.73. The van der Waals surface area contributed by atoms with Gasteiger partial charge in [0.15, 0.2) is 6.61 Å². The molecule has 0 fully saturated rings. The van der Waals surface area contributed by atoms with E-state index in [0.29, 0.717) is 17.1 Å². The van der Waals surface area contributed by atoms with Gasteiger partial charge in [-0.25, -0.2) is 9.48 Å². The third-order valence-corrected chi connectivity index (χ3v) is 4.33. The van der Waals surface area contributed by atoms with E-state index in [4.69, 9.17) is 9.47 Å². The fourth-order valence-electron chi connectivity index (χ4n) is 2.90. The molecule has 0 aliphatic heterocycles. The van der Waals surface area contributed by atoms with E-state index in [-0.39, 0.29) is 12.0 Å². The highest BCUT2D eigenvalue weighted by Crippen LogP contribution is 2.23. The summed E-state index contributed by atoms with van der Waals surface area (Å²) >= 11 is 0. The number of anilines is 1. The summed E-state index contributed by atoms with van der Waals surface area (Å²) < 4.78 is 11.8. The fraction of sp³-hybridized carbons (Fsp3) is 0.217. The predicted molar refractivity (Wildman–Crippen MR) is 115 cm³/mol. The second-order valence-corrected chi connectivity index (χ2v) is 7.07. The van der Waals surface area contributed by atoms with Crippen molar-refractivity contribution in [3.8, 4) is 16.9 Å². The molecule has 3 rings (SSSR count). The van der Waals surface area contributed by atoms with E-state index < -0.39 is 18.5 Å². The number of carbonyl (C=O) groups excluding carboxylic acids is 3. The molecule has 8 heteroatoms. The number of aromatic nitrogens is 2. The van der Waals surface area contributed by atoms with Gasteiger partial charge in [-0.1, -0.05) is 24.3 Å². The predicted octanol–water partition coefficient (Wildman–Crippen LogP) is 3.85. The van der Waals surface area contributed by atoms with Gasteiger partial charge in [0.25, 0.3) is 5.91 Å². The van der Waals surface area contributed by atoms with Crippen molar-refractivity contribution in [3.63, 3.8) is 0 Å². The molecule has 0 atom stereocenters. The highest BCUT2D eigenvalue weighted by Gasteiger charge is 2.13. The molecule has 160 valence electrons. The van der Waals surface area contributed by atoms with E-state index in [1.54, 1.807) is 53.3 Å². The molecule has 0 saturated heterocycles. The number of benzene rings is 2. The molecule has 8 nitrogen and oxygen atoms in total. The largest absolute Gasteiger partial charge is 0.452 e. The van der Waals surface area contributed by atoms with Crippen LogP contribution in [0.5, 0.6) is 5.75 Å². The van der Waals surface area contributed by atoms with E-state index in [1.807, 2.05) is 26.0 Å². The van der Waals surface area contributed by atoms with Gasteiger partial charge in [-0.3, -0.25) is 9.59 Å². The van der Waals surface area contributed by atoms with Gasteiger partial charge in [0.1, 0.15) is 11.6 Å². The minimum atomic E-state index is -0.593. The molecule has 1 aromatic heterocycles. The van der Waals surface area contributed by atoms with E-state index in [0.717, 1.165) is 11.1 Å².